The second kappa shape index (κ2) is 2.98. The highest BCUT2D eigenvalue weighted by atomic mass is 19.3. The number of ether oxygens (including phenoxy) is 1. The third-order valence-electron chi connectivity index (χ3n) is 2.67. The van der Waals surface area contributed by atoms with Crippen molar-refractivity contribution in [2.45, 2.75) is 24.8 Å². The molecule has 4 nitrogen and oxygen atoms in total. The fraction of sp³-hybridized carbons (Fsp3) is 0.750. The number of hydrogen-bond donors (Lipinski definition) is 0. The van der Waals surface area contributed by atoms with Crippen LogP contribution in [0.5, 0.6) is 0 Å². The Morgan fingerprint density at radius 3 is 2.07 bits per heavy atom. The van der Waals surface area contributed by atoms with Crippen LogP contribution in [0.25, 0.3) is 0 Å². The Morgan fingerprint density at radius 2 is 1.71 bits per heavy atom. The molecule has 1 saturated heterocycles. The van der Waals surface area contributed by atoms with Crippen molar-refractivity contribution in [2.75, 3.05) is 13.1 Å². The summed E-state index contributed by atoms with van der Waals surface area (Å²) in [6.07, 6.45) is -1.84. The molecule has 1 aliphatic carbocycles. The standard InChI is InChI=1S/C8H9F2NO3/c9-7(10)8(1-2-8)11-3-5(12)14-6(13)4-11/h7H,1-4H2. The van der Waals surface area contributed by atoms with Crippen LogP contribution in [0.2, 0.25) is 0 Å². The van der Waals surface area contributed by atoms with E-state index in [1.807, 2.05) is 0 Å². The van der Waals surface area contributed by atoms with Crippen LogP contribution in [0, 0.1) is 0 Å². The number of esters is 2. The summed E-state index contributed by atoms with van der Waals surface area (Å²) in [4.78, 5) is 22.9. The molecule has 0 aromatic rings. The quantitative estimate of drug-likeness (QED) is 0.476. The number of alkyl halides is 2. The fourth-order valence-corrected chi connectivity index (χ4v) is 1.67. The fourth-order valence-electron chi connectivity index (χ4n) is 1.67. The molecule has 0 aromatic carbocycles. The highest BCUT2D eigenvalue weighted by molar-refractivity contribution is 5.90. The Morgan fingerprint density at radius 1 is 1.21 bits per heavy atom. The van der Waals surface area contributed by atoms with Crippen molar-refractivity contribution >= 4 is 11.9 Å². The lowest BCUT2D eigenvalue weighted by Crippen LogP contribution is -2.52. The number of morpholine rings is 1. The zero-order valence-electron chi connectivity index (χ0n) is 7.33. The van der Waals surface area contributed by atoms with E-state index in [9.17, 15) is 18.4 Å². The molecule has 0 atom stereocenters. The van der Waals surface area contributed by atoms with Crippen molar-refractivity contribution in [3.05, 3.63) is 0 Å². The first-order valence-corrected chi connectivity index (χ1v) is 4.31. The molecule has 0 spiro atoms. The minimum atomic E-state index is -2.51. The highest BCUT2D eigenvalue weighted by Crippen LogP contribution is 2.46. The molecule has 2 rings (SSSR count). The van der Waals surface area contributed by atoms with E-state index in [2.05, 4.69) is 4.74 Å². The summed E-state index contributed by atoms with van der Waals surface area (Å²) in [7, 11) is 0. The number of carbonyl (C=O) groups excluding carboxylic acids is 2. The van der Waals surface area contributed by atoms with E-state index in [0.717, 1.165) is 0 Å². The summed E-state index contributed by atoms with van der Waals surface area (Å²) in [5, 5.41) is 0. The molecule has 6 heteroatoms. The summed E-state index contributed by atoms with van der Waals surface area (Å²) in [5.74, 6) is -1.48. The van der Waals surface area contributed by atoms with Crippen LogP contribution in [-0.4, -0.2) is 41.9 Å². The molecular formula is C8H9F2NO3. The minimum absolute atomic E-state index is 0.212. The summed E-state index contributed by atoms with van der Waals surface area (Å²) in [6, 6.07) is 0. The first-order valence-electron chi connectivity index (χ1n) is 4.31. The Hall–Kier alpha value is -1.04. The van der Waals surface area contributed by atoms with Gasteiger partial charge >= 0.3 is 11.9 Å². The maximum atomic E-state index is 12.6. The van der Waals surface area contributed by atoms with Crippen molar-refractivity contribution in [3.8, 4) is 0 Å². The van der Waals surface area contributed by atoms with Gasteiger partial charge in [0.25, 0.3) is 6.43 Å². The molecule has 0 bridgehead atoms. The smallest absolute Gasteiger partial charge is 0.327 e. The van der Waals surface area contributed by atoms with E-state index < -0.39 is 23.9 Å². The largest absolute Gasteiger partial charge is 0.391 e. The second-order valence-electron chi connectivity index (χ2n) is 3.61. The van der Waals surface area contributed by atoms with Crippen LogP contribution in [-0.2, 0) is 14.3 Å². The molecule has 0 unspecified atom stereocenters. The minimum Gasteiger partial charge on any atom is -0.391 e. The van der Waals surface area contributed by atoms with Crippen molar-refractivity contribution in [1.82, 2.24) is 4.90 Å². The molecule has 14 heavy (non-hydrogen) atoms. The van der Waals surface area contributed by atoms with Gasteiger partial charge in [-0.2, -0.15) is 0 Å². The molecular weight excluding hydrogens is 196 g/mol. The predicted molar refractivity (Wildman–Crippen MR) is 40.6 cm³/mol. The van der Waals surface area contributed by atoms with Gasteiger partial charge in [-0.15, -0.1) is 0 Å². The van der Waals surface area contributed by atoms with Crippen LogP contribution in [0.1, 0.15) is 12.8 Å². The van der Waals surface area contributed by atoms with Crippen LogP contribution < -0.4 is 0 Å². The summed E-state index contributed by atoms with van der Waals surface area (Å²) in [5.41, 5.74) is -1.24. The average molecular weight is 205 g/mol. The number of halogens is 2. The van der Waals surface area contributed by atoms with Gasteiger partial charge in [-0.1, -0.05) is 0 Å². The maximum absolute atomic E-state index is 12.6. The van der Waals surface area contributed by atoms with Crippen LogP contribution in [0.3, 0.4) is 0 Å². The molecule has 0 aromatic heterocycles. The molecule has 1 saturated carbocycles. The van der Waals surface area contributed by atoms with Gasteiger partial charge in [0.15, 0.2) is 0 Å². The average Bonchev–Trinajstić information content (AvgIpc) is 2.81. The first-order chi connectivity index (χ1) is 6.54. The predicted octanol–water partition coefficient (Wildman–Crippen LogP) is 0.169. The number of rotatable bonds is 2. The Bertz CT molecular complexity index is 272. The summed E-state index contributed by atoms with van der Waals surface area (Å²) < 4.78 is 29.5. The summed E-state index contributed by atoms with van der Waals surface area (Å²) >= 11 is 0. The van der Waals surface area contributed by atoms with Crippen LogP contribution in [0.4, 0.5) is 8.78 Å². The topological polar surface area (TPSA) is 46.6 Å². The number of carbonyl (C=O) groups is 2. The third-order valence-corrected chi connectivity index (χ3v) is 2.67. The maximum Gasteiger partial charge on any atom is 0.327 e. The molecule has 1 heterocycles. The van der Waals surface area contributed by atoms with Crippen molar-refractivity contribution in [2.24, 2.45) is 0 Å². The van der Waals surface area contributed by atoms with Gasteiger partial charge < -0.3 is 4.74 Å². The third kappa shape index (κ3) is 1.39. The molecule has 1 aliphatic heterocycles. The van der Waals surface area contributed by atoms with Crippen molar-refractivity contribution < 1.29 is 23.1 Å². The molecule has 0 radical (unpaired) electrons. The van der Waals surface area contributed by atoms with E-state index in [0.29, 0.717) is 12.8 Å². The van der Waals surface area contributed by atoms with Gasteiger partial charge in [0.05, 0.1) is 18.6 Å². The van der Waals surface area contributed by atoms with Gasteiger partial charge in [0.1, 0.15) is 0 Å². The molecule has 0 N–H and O–H groups in total. The molecule has 2 fully saturated rings. The normalized spacial score (nSPS) is 26.5. The van der Waals surface area contributed by atoms with Crippen molar-refractivity contribution in [1.29, 1.82) is 0 Å². The Kier molecular flexibility index (Phi) is 2.02. The lowest BCUT2D eigenvalue weighted by atomic mass is 10.2. The van der Waals surface area contributed by atoms with Crippen LogP contribution in [0.15, 0.2) is 0 Å². The van der Waals surface area contributed by atoms with E-state index in [1.165, 1.54) is 4.90 Å². The zero-order chi connectivity index (χ0) is 10.3. The highest BCUT2D eigenvalue weighted by Gasteiger charge is 2.57. The number of hydrogen-bond acceptors (Lipinski definition) is 4. The molecule has 0 amide bonds. The lowest BCUT2D eigenvalue weighted by Gasteiger charge is -2.31. The van der Waals surface area contributed by atoms with E-state index in [4.69, 9.17) is 0 Å². The van der Waals surface area contributed by atoms with Crippen molar-refractivity contribution in [3.63, 3.8) is 0 Å². The first kappa shape index (κ1) is 9.51. The van der Waals surface area contributed by atoms with Gasteiger partial charge in [-0.05, 0) is 12.8 Å². The van der Waals surface area contributed by atoms with E-state index in [-0.39, 0.29) is 13.1 Å². The van der Waals surface area contributed by atoms with Gasteiger partial charge in [0.2, 0.25) is 0 Å². The van der Waals surface area contributed by atoms with Crippen LogP contribution >= 0.6 is 0 Å². The van der Waals surface area contributed by atoms with Gasteiger partial charge in [-0.25, -0.2) is 8.78 Å². The van der Waals surface area contributed by atoms with Gasteiger partial charge in [-0.3, -0.25) is 14.5 Å². The van der Waals surface area contributed by atoms with E-state index >= 15 is 0 Å². The number of nitrogens with zero attached hydrogens (tertiary/aromatic N) is 1. The monoisotopic (exact) mass is 205 g/mol. The summed E-state index contributed by atoms with van der Waals surface area (Å²) in [6.45, 7) is -0.424. The lowest BCUT2D eigenvalue weighted by molar-refractivity contribution is -0.170. The molecule has 2 aliphatic rings. The Labute approximate surface area is 78.8 Å². The number of cyclic esters (lactones) is 2. The van der Waals surface area contributed by atoms with E-state index in [1.54, 1.807) is 0 Å². The van der Waals surface area contributed by atoms with Gasteiger partial charge in [0, 0.05) is 0 Å². The Balaban J connectivity index is 2.11. The zero-order valence-corrected chi connectivity index (χ0v) is 7.33. The second-order valence-corrected chi connectivity index (χ2v) is 3.61. The molecule has 78 valence electrons. The SMILES string of the molecule is O=C1CN(C2(C(F)F)CC2)CC(=O)O1.